The number of thiocarbonyl (C=S) groups is 1. The summed E-state index contributed by atoms with van der Waals surface area (Å²) in [5.41, 5.74) is 2.89. The Hall–Kier alpha value is -2.00. The lowest BCUT2D eigenvalue weighted by Crippen LogP contribution is -2.41. The van der Waals surface area contributed by atoms with Gasteiger partial charge in [0.25, 0.3) is 5.91 Å². The summed E-state index contributed by atoms with van der Waals surface area (Å²) in [5.74, 6) is -0.277. The van der Waals surface area contributed by atoms with Crippen molar-refractivity contribution >= 4 is 52.0 Å². The molecule has 2 saturated heterocycles. The third-order valence-corrected chi connectivity index (χ3v) is 6.49. The van der Waals surface area contributed by atoms with Crippen LogP contribution < -0.4 is 15.7 Å². The van der Waals surface area contributed by atoms with Gasteiger partial charge in [0.05, 0.1) is 5.41 Å². The number of anilines is 1. The average molecular weight is 486 g/mol. The van der Waals surface area contributed by atoms with Crippen LogP contribution in [0, 0.1) is 0 Å². The van der Waals surface area contributed by atoms with Crippen molar-refractivity contribution in [3.8, 4) is 0 Å². The van der Waals surface area contributed by atoms with E-state index in [0.29, 0.717) is 27.1 Å². The van der Waals surface area contributed by atoms with Crippen molar-refractivity contribution in [2.75, 3.05) is 24.6 Å². The van der Waals surface area contributed by atoms with Crippen molar-refractivity contribution in [1.82, 2.24) is 10.8 Å². The maximum atomic E-state index is 14.2. The summed E-state index contributed by atoms with van der Waals surface area (Å²) in [7, 11) is 0. The van der Waals surface area contributed by atoms with E-state index in [0.717, 1.165) is 11.3 Å². The Labute approximate surface area is 193 Å². The average Bonchev–Trinajstić information content (AvgIpc) is 3.35. The molecule has 0 saturated carbocycles. The Kier molecular flexibility index (Phi) is 6.35. The second-order valence-corrected chi connectivity index (χ2v) is 8.92. The van der Waals surface area contributed by atoms with Gasteiger partial charge in [-0.25, -0.2) is 14.3 Å². The fraction of sp³-hybridized carbons (Fsp3) is 0.333. The predicted molar refractivity (Wildman–Crippen MR) is 120 cm³/mol. The number of nitrogens with zero attached hydrogens (tertiary/aromatic N) is 1. The molecule has 5 nitrogen and oxygen atoms in total. The Morgan fingerprint density at radius 2 is 1.90 bits per heavy atom. The van der Waals surface area contributed by atoms with E-state index in [4.69, 9.17) is 40.3 Å². The molecule has 2 aliphatic rings. The van der Waals surface area contributed by atoms with E-state index in [1.807, 2.05) is 17.0 Å². The number of nitrogens with one attached hydrogen (secondary N) is 2. The highest BCUT2D eigenvalue weighted by molar-refractivity contribution is 7.80. The topological polar surface area (TPSA) is 53.6 Å². The Bertz CT molecular complexity index is 988. The number of halogens is 4. The van der Waals surface area contributed by atoms with Gasteiger partial charge in [-0.3, -0.25) is 9.63 Å². The number of hydrogen-bond donors (Lipinski definition) is 2. The van der Waals surface area contributed by atoms with Crippen molar-refractivity contribution in [3.05, 3.63) is 63.6 Å². The first-order valence-electron chi connectivity index (χ1n) is 9.61. The van der Waals surface area contributed by atoms with Gasteiger partial charge in [-0.2, -0.15) is 0 Å². The SMILES string of the molecule is O=C1NOCC1NC(=S)c1ccc(N2CCC(c3cc(Cl)cc(Cl)c3)(C(F)F)C2)cc1. The van der Waals surface area contributed by atoms with Crippen LogP contribution in [-0.4, -0.2) is 43.1 Å². The van der Waals surface area contributed by atoms with Gasteiger partial charge in [0.2, 0.25) is 6.43 Å². The molecule has 1 amide bonds. The van der Waals surface area contributed by atoms with E-state index >= 15 is 0 Å². The number of benzene rings is 2. The normalized spacial score (nSPS) is 23.3. The molecular formula is C21H19Cl2F2N3O2S. The number of amides is 1. The molecule has 2 N–H and O–H groups in total. The molecule has 2 atom stereocenters. The lowest BCUT2D eigenvalue weighted by atomic mass is 9.80. The van der Waals surface area contributed by atoms with Gasteiger partial charge >= 0.3 is 0 Å². The summed E-state index contributed by atoms with van der Waals surface area (Å²) < 4.78 is 28.5. The first kappa shape index (κ1) is 22.2. The molecule has 0 aliphatic carbocycles. The van der Waals surface area contributed by atoms with Crippen LogP contribution in [-0.2, 0) is 15.0 Å². The molecule has 0 spiro atoms. The van der Waals surface area contributed by atoms with E-state index in [1.165, 1.54) is 6.07 Å². The molecule has 2 heterocycles. The van der Waals surface area contributed by atoms with Gasteiger partial charge in [0, 0.05) is 34.4 Å². The second kappa shape index (κ2) is 8.86. The molecule has 4 rings (SSSR count). The quantitative estimate of drug-likeness (QED) is 0.624. The van der Waals surface area contributed by atoms with Crippen LogP contribution in [0.1, 0.15) is 17.5 Å². The van der Waals surface area contributed by atoms with Gasteiger partial charge in [-0.05, 0) is 54.4 Å². The summed E-state index contributed by atoms with van der Waals surface area (Å²) in [5, 5.41) is 3.63. The summed E-state index contributed by atoms with van der Waals surface area (Å²) in [6.45, 7) is 0.799. The van der Waals surface area contributed by atoms with E-state index in [-0.39, 0.29) is 25.5 Å². The van der Waals surface area contributed by atoms with Gasteiger partial charge in [-0.15, -0.1) is 0 Å². The predicted octanol–water partition coefficient (Wildman–Crippen LogP) is 4.10. The molecular weight excluding hydrogens is 467 g/mol. The maximum Gasteiger partial charge on any atom is 0.268 e. The summed E-state index contributed by atoms with van der Waals surface area (Å²) in [6, 6.07) is 11.4. The third-order valence-electron chi connectivity index (χ3n) is 5.70. The second-order valence-electron chi connectivity index (χ2n) is 7.64. The van der Waals surface area contributed by atoms with E-state index in [1.54, 1.807) is 24.3 Å². The lowest BCUT2D eigenvalue weighted by Gasteiger charge is -2.30. The minimum absolute atomic E-state index is 0.142. The first-order valence-corrected chi connectivity index (χ1v) is 10.8. The fourth-order valence-electron chi connectivity index (χ4n) is 3.95. The van der Waals surface area contributed by atoms with Gasteiger partial charge in [0.15, 0.2) is 0 Å². The highest BCUT2D eigenvalue weighted by Gasteiger charge is 2.47. The monoisotopic (exact) mass is 485 g/mol. The van der Waals surface area contributed by atoms with Crippen LogP contribution in [0.25, 0.3) is 0 Å². The molecule has 2 aromatic rings. The van der Waals surface area contributed by atoms with Crippen molar-refractivity contribution in [2.45, 2.75) is 24.3 Å². The Morgan fingerprint density at radius 3 is 2.48 bits per heavy atom. The molecule has 10 heteroatoms. The van der Waals surface area contributed by atoms with Gasteiger partial charge in [0.1, 0.15) is 17.6 Å². The van der Waals surface area contributed by atoms with Crippen LogP contribution in [0.5, 0.6) is 0 Å². The smallest absolute Gasteiger partial charge is 0.268 e. The number of carbonyl (C=O) groups excluding carboxylic acids is 1. The minimum atomic E-state index is -2.57. The highest BCUT2D eigenvalue weighted by atomic mass is 35.5. The van der Waals surface area contributed by atoms with E-state index < -0.39 is 17.9 Å². The number of rotatable bonds is 5. The summed E-state index contributed by atoms with van der Waals surface area (Å²) in [4.78, 5) is 18.8. The summed E-state index contributed by atoms with van der Waals surface area (Å²) in [6.07, 6.45) is -2.29. The number of hydroxylamine groups is 1. The number of hydrogen-bond acceptors (Lipinski definition) is 4. The van der Waals surface area contributed by atoms with Crippen LogP contribution in [0.3, 0.4) is 0 Å². The van der Waals surface area contributed by atoms with Crippen LogP contribution in [0.15, 0.2) is 42.5 Å². The molecule has 31 heavy (non-hydrogen) atoms. The van der Waals surface area contributed by atoms with Crippen molar-refractivity contribution in [1.29, 1.82) is 0 Å². The van der Waals surface area contributed by atoms with Crippen molar-refractivity contribution < 1.29 is 18.4 Å². The van der Waals surface area contributed by atoms with Crippen LogP contribution in [0.4, 0.5) is 14.5 Å². The molecule has 0 bridgehead atoms. The van der Waals surface area contributed by atoms with E-state index in [9.17, 15) is 13.6 Å². The lowest BCUT2D eigenvalue weighted by molar-refractivity contribution is -0.124. The number of carbonyl (C=O) groups is 1. The Morgan fingerprint density at radius 1 is 1.23 bits per heavy atom. The Balaban J connectivity index is 1.50. The van der Waals surface area contributed by atoms with Crippen LogP contribution in [0.2, 0.25) is 10.0 Å². The maximum absolute atomic E-state index is 14.2. The van der Waals surface area contributed by atoms with Crippen LogP contribution >= 0.6 is 35.4 Å². The van der Waals surface area contributed by atoms with E-state index in [2.05, 4.69) is 10.8 Å². The van der Waals surface area contributed by atoms with Gasteiger partial charge in [-0.1, -0.05) is 35.4 Å². The van der Waals surface area contributed by atoms with Crippen molar-refractivity contribution in [2.24, 2.45) is 0 Å². The molecule has 0 aromatic heterocycles. The molecule has 2 aromatic carbocycles. The zero-order valence-corrected chi connectivity index (χ0v) is 18.5. The first-order chi connectivity index (χ1) is 14.8. The third kappa shape index (κ3) is 4.48. The minimum Gasteiger partial charge on any atom is -0.370 e. The molecule has 2 unspecified atom stereocenters. The van der Waals surface area contributed by atoms with Crippen molar-refractivity contribution in [3.63, 3.8) is 0 Å². The fourth-order valence-corrected chi connectivity index (χ4v) is 4.75. The summed E-state index contributed by atoms with van der Waals surface area (Å²) >= 11 is 17.5. The highest BCUT2D eigenvalue weighted by Crippen LogP contribution is 2.43. The molecule has 164 valence electrons. The zero-order chi connectivity index (χ0) is 22.2. The van der Waals surface area contributed by atoms with Gasteiger partial charge < -0.3 is 10.2 Å². The largest absolute Gasteiger partial charge is 0.370 e. The zero-order valence-electron chi connectivity index (χ0n) is 16.2. The molecule has 2 aliphatic heterocycles. The molecule has 2 fully saturated rings. The molecule has 0 radical (unpaired) electrons. The number of alkyl halides is 2. The standard InChI is InChI=1S/C21H19Cl2F2N3O2S/c22-14-7-13(8-15(23)9-14)21(20(24)25)5-6-28(11-21)16-3-1-12(2-4-16)19(31)26-17-10-30-27-18(17)29/h1-4,7-9,17,20H,5-6,10-11H2,(H,26,31)(H,27,29).